The normalized spacial score (nSPS) is 14.0. The highest BCUT2D eigenvalue weighted by Gasteiger charge is 2.27. The number of nitrogens with zero attached hydrogens (tertiary/aromatic N) is 1. The van der Waals surface area contributed by atoms with E-state index in [1.165, 1.54) is 0 Å². The molecule has 0 rings (SSSR count). The van der Waals surface area contributed by atoms with Gasteiger partial charge in [-0.3, -0.25) is 0 Å². The zero-order valence-corrected chi connectivity index (χ0v) is 9.31. The van der Waals surface area contributed by atoms with E-state index in [1.54, 1.807) is 0 Å². The predicted octanol–water partition coefficient (Wildman–Crippen LogP) is 1.74. The van der Waals surface area contributed by atoms with Crippen molar-refractivity contribution in [2.45, 2.75) is 39.7 Å². The van der Waals surface area contributed by atoms with Crippen LogP contribution in [0.25, 0.3) is 0 Å². The van der Waals surface area contributed by atoms with Crippen LogP contribution in [0.15, 0.2) is 0 Å². The Balaban J connectivity index is 4.04. The molecule has 0 amide bonds. The summed E-state index contributed by atoms with van der Waals surface area (Å²) in [6.45, 7) is 9.11. The Labute approximate surface area is 76.6 Å². The Bertz CT molecular complexity index is 133. The highest BCUT2D eigenvalue weighted by atomic mass is 16.3. The molecule has 0 atom stereocenters. The van der Waals surface area contributed by atoms with Crippen LogP contribution in [0.1, 0.15) is 34.1 Å². The van der Waals surface area contributed by atoms with Crippen LogP contribution in [0.2, 0.25) is 0 Å². The fraction of sp³-hybridized carbons (Fsp3) is 1.00. The molecular formula is C10H23NO. The van der Waals surface area contributed by atoms with Crippen molar-refractivity contribution < 1.29 is 5.11 Å². The van der Waals surface area contributed by atoms with Gasteiger partial charge in [-0.15, -0.1) is 0 Å². The van der Waals surface area contributed by atoms with Crippen molar-refractivity contribution in [2.75, 3.05) is 20.6 Å². The smallest absolute Gasteiger partial charge is 0.0597 e. The summed E-state index contributed by atoms with van der Waals surface area (Å²) in [5.74, 6) is 0. The molecule has 0 spiro atoms. The molecule has 0 saturated carbocycles. The van der Waals surface area contributed by atoms with Gasteiger partial charge in [0.2, 0.25) is 0 Å². The lowest BCUT2D eigenvalue weighted by atomic mass is 9.81. The van der Waals surface area contributed by atoms with Gasteiger partial charge < -0.3 is 10.0 Å². The van der Waals surface area contributed by atoms with Gasteiger partial charge in [-0.05, 0) is 39.8 Å². The quantitative estimate of drug-likeness (QED) is 0.700. The topological polar surface area (TPSA) is 23.5 Å². The van der Waals surface area contributed by atoms with Gasteiger partial charge in [0.15, 0.2) is 0 Å². The maximum Gasteiger partial charge on any atom is 0.0597 e. The summed E-state index contributed by atoms with van der Waals surface area (Å²) in [6, 6.07) is 0. The van der Waals surface area contributed by atoms with Gasteiger partial charge in [-0.2, -0.15) is 0 Å². The second kappa shape index (κ2) is 3.75. The third kappa shape index (κ3) is 6.62. The number of hydrogen-bond donors (Lipinski definition) is 1. The summed E-state index contributed by atoms with van der Waals surface area (Å²) in [5.41, 5.74) is -0.374. The SMILES string of the molecule is CN(C)CC(C)(C)CC(C)(C)O. The number of aliphatic hydroxyl groups is 1. The molecule has 1 N–H and O–H groups in total. The molecule has 0 heterocycles. The average molecular weight is 173 g/mol. The largest absolute Gasteiger partial charge is 0.390 e. The highest BCUT2D eigenvalue weighted by molar-refractivity contribution is 4.79. The van der Waals surface area contributed by atoms with Crippen LogP contribution < -0.4 is 0 Å². The monoisotopic (exact) mass is 173 g/mol. The first-order chi connectivity index (χ1) is 5.12. The molecule has 0 fully saturated rings. The van der Waals surface area contributed by atoms with Gasteiger partial charge in [0, 0.05) is 6.54 Å². The maximum atomic E-state index is 9.65. The summed E-state index contributed by atoms with van der Waals surface area (Å²) in [6.07, 6.45) is 0.832. The Morgan fingerprint density at radius 2 is 1.50 bits per heavy atom. The molecule has 74 valence electrons. The molecular weight excluding hydrogens is 150 g/mol. The Morgan fingerprint density at radius 1 is 1.08 bits per heavy atom. The van der Waals surface area contributed by atoms with E-state index in [2.05, 4.69) is 32.8 Å². The standard InChI is InChI=1S/C10H23NO/c1-9(2,8-11(5)6)7-10(3,4)12/h12H,7-8H2,1-6H3. The molecule has 0 aromatic carbocycles. The fourth-order valence-corrected chi connectivity index (χ4v) is 2.08. The van der Waals surface area contributed by atoms with Crippen molar-refractivity contribution in [1.82, 2.24) is 4.90 Å². The van der Waals surface area contributed by atoms with Crippen LogP contribution in [0.3, 0.4) is 0 Å². The van der Waals surface area contributed by atoms with Gasteiger partial charge in [-0.25, -0.2) is 0 Å². The van der Waals surface area contributed by atoms with Gasteiger partial charge in [0.1, 0.15) is 0 Å². The molecule has 2 nitrogen and oxygen atoms in total. The number of hydrogen-bond acceptors (Lipinski definition) is 2. The zero-order valence-electron chi connectivity index (χ0n) is 9.31. The van der Waals surface area contributed by atoms with E-state index < -0.39 is 5.60 Å². The van der Waals surface area contributed by atoms with Crippen molar-refractivity contribution in [3.63, 3.8) is 0 Å². The summed E-state index contributed by atoms with van der Waals surface area (Å²) >= 11 is 0. The van der Waals surface area contributed by atoms with Crippen LogP contribution in [0, 0.1) is 5.41 Å². The Kier molecular flexibility index (Phi) is 3.73. The minimum absolute atomic E-state index is 0.182. The van der Waals surface area contributed by atoms with Crippen molar-refractivity contribution in [3.05, 3.63) is 0 Å². The summed E-state index contributed by atoms with van der Waals surface area (Å²) in [4.78, 5) is 2.16. The van der Waals surface area contributed by atoms with Gasteiger partial charge >= 0.3 is 0 Å². The van der Waals surface area contributed by atoms with E-state index in [1.807, 2.05) is 13.8 Å². The Morgan fingerprint density at radius 3 is 1.75 bits per heavy atom. The average Bonchev–Trinajstić information content (AvgIpc) is 1.48. The summed E-state index contributed by atoms with van der Waals surface area (Å²) in [7, 11) is 4.12. The van der Waals surface area contributed by atoms with Gasteiger partial charge in [0.25, 0.3) is 0 Å². The predicted molar refractivity (Wildman–Crippen MR) is 53.2 cm³/mol. The van der Waals surface area contributed by atoms with Crippen molar-refractivity contribution in [1.29, 1.82) is 0 Å². The van der Waals surface area contributed by atoms with Gasteiger partial charge in [-0.1, -0.05) is 13.8 Å². The minimum Gasteiger partial charge on any atom is -0.390 e. The zero-order chi connectivity index (χ0) is 9.99. The third-order valence-corrected chi connectivity index (χ3v) is 1.66. The summed E-state index contributed by atoms with van der Waals surface area (Å²) < 4.78 is 0. The molecule has 12 heavy (non-hydrogen) atoms. The molecule has 0 aromatic heterocycles. The lowest BCUT2D eigenvalue weighted by molar-refractivity contribution is 0.0243. The first kappa shape index (κ1) is 11.9. The van der Waals surface area contributed by atoms with Crippen LogP contribution in [0.4, 0.5) is 0 Å². The third-order valence-electron chi connectivity index (χ3n) is 1.66. The second-order valence-electron chi connectivity index (χ2n) is 5.39. The van der Waals surface area contributed by atoms with E-state index in [-0.39, 0.29) is 5.41 Å². The molecule has 0 aliphatic rings. The van der Waals surface area contributed by atoms with Crippen LogP contribution in [-0.4, -0.2) is 36.2 Å². The van der Waals surface area contributed by atoms with Crippen molar-refractivity contribution in [2.24, 2.45) is 5.41 Å². The van der Waals surface area contributed by atoms with E-state index in [0.29, 0.717) is 0 Å². The van der Waals surface area contributed by atoms with E-state index >= 15 is 0 Å². The lowest BCUT2D eigenvalue weighted by Crippen LogP contribution is -2.35. The maximum absolute atomic E-state index is 9.65. The molecule has 0 aliphatic heterocycles. The first-order valence-electron chi connectivity index (χ1n) is 4.49. The van der Waals surface area contributed by atoms with E-state index in [9.17, 15) is 5.11 Å². The molecule has 0 aromatic rings. The summed E-state index contributed by atoms with van der Waals surface area (Å²) in [5, 5.41) is 9.65. The fourth-order valence-electron chi connectivity index (χ4n) is 2.08. The second-order valence-corrected chi connectivity index (χ2v) is 5.39. The van der Waals surface area contributed by atoms with Crippen LogP contribution >= 0.6 is 0 Å². The molecule has 2 heteroatoms. The van der Waals surface area contributed by atoms with Crippen molar-refractivity contribution in [3.8, 4) is 0 Å². The number of rotatable bonds is 4. The highest BCUT2D eigenvalue weighted by Crippen LogP contribution is 2.27. The van der Waals surface area contributed by atoms with E-state index in [0.717, 1.165) is 13.0 Å². The molecule has 0 saturated heterocycles. The van der Waals surface area contributed by atoms with Crippen molar-refractivity contribution >= 4 is 0 Å². The minimum atomic E-state index is -0.556. The van der Waals surface area contributed by atoms with Gasteiger partial charge in [0.05, 0.1) is 5.60 Å². The molecule has 0 bridgehead atoms. The molecule has 0 aliphatic carbocycles. The first-order valence-corrected chi connectivity index (χ1v) is 4.49. The Hall–Kier alpha value is -0.0800. The lowest BCUT2D eigenvalue weighted by Gasteiger charge is -2.33. The van der Waals surface area contributed by atoms with E-state index in [4.69, 9.17) is 0 Å². The molecule has 0 radical (unpaired) electrons. The molecule has 0 unspecified atom stereocenters. The van der Waals surface area contributed by atoms with Crippen LogP contribution in [-0.2, 0) is 0 Å². The van der Waals surface area contributed by atoms with Crippen LogP contribution in [0.5, 0.6) is 0 Å².